The molecular weight excluding hydrogens is 478 g/mol. The van der Waals surface area contributed by atoms with Crippen LogP contribution in [0.1, 0.15) is 39.8 Å². The van der Waals surface area contributed by atoms with Crippen LogP contribution in [0.3, 0.4) is 0 Å². The molecule has 4 aromatic rings. The van der Waals surface area contributed by atoms with E-state index in [9.17, 15) is 13.2 Å². The molecule has 37 heavy (non-hydrogen) atoms. The molecule has 0 bridgehead atoms. The van der Waals surface area contributed by atoms with E-state index in [2.05, 4.69) is 65.4 Å². The monoisotopic (exact) mass is 505 g/mol. The first-order chi connectivity index (χ1) is 18.0. The number of carbonyl (C=O) groups is 1. The molecule has 0 aliphatic heterocycles. The lowest BCUT2D eigenvalue weighted by Gasteiger charge is -2.24. The molecule has 1 amide bonds. The van der Waals surface area contributed by atoms with Gasteiger partial charge >= 0.3 is 0 Å². The molecule has 1 aliphatic rings. The van der Waals surface area contributed by atoms with Gasteiger partial charge in [-0.2, -0.15) is 0 Å². The molecular formula is C32H27NO3S. The van der Waals surface area contributed by atoms with Gasteiger partial charge < -0.3 is 0 Å². The molecule has 0 heterocycles. The van der Waals surface area contributed by atoms with Gasteiger partial charge in [-0.3, -0.25) is 4.79 Å². The van der Waals surface area contributed by atoms with Crippen molar-refractivity contribution in [1.29, 1.82) is 0 Å². The number of hydrogen-bond donors (Lipinski definition) is 1. The first-order valence-corrected chi connectivity index (χ1v) is 13.9. The number of allylic oxidation sites excluding steroid dienone is 1. The highest BCUT2D eigenvalue weighted by Gasteiger charge is 2.21. The summed E-state index contributed by atoms with van der Waals surface area (Å²) in [6.45, 7) is 0. The number of sulfonamides is 1. The zero-order valence-corrected chi connectivity index (χ0v) is 21.1. The lowest BCUT2D eigenvalue weighted by atomic mass is 9.79. The molecule has 0 atom stereocenters. The Bertz CT molecular complexity index is 1570. The summed E-state index contributed by atoms with van der Waals surface area (Å²) in [5.41, 5.74) is 8.91. The van der Waals surface area contributed by atoms with Crippen molar-refractivity contribution in [3.8, 4) is 0 Å². The number of hydrogen-bond acceptors (Lipinski definition) is 3. The van der Waals surface area contributed by atoms with Gasteiger partial charge in [-0.15, -0.1) is 0 Å². The van der Waals surface area contributed by atoms with Crippen LogP contribution in [0.2, 0.25) is 0 Å². The van der Waals surface area contributed by atoms with Crippen LogP contribution in [-0.2, 0) is 27.0 Å². The maximum absolute atomic E-state index is 12.3. The first kappa shape index (κ1) is 24.5. The van der Waals surface area contributed by atoms with Crippen LogP contribution in [0.25, 0.3) is 17.2 Å². The quantitative estimate of drug-likeness (QED) is 0.302. The summed E-state index contributed by atoms with van der Waals surface area (Å²) in [6, 6.07) is 35.8. The number of carbonyl (C=O) groups excluding carboxylic acids is 1. The summed E-state index contributed by atoms with van der Waals surface area (Å²) in [7, 11) is -3.78. The molecule has 0 fully saturated rings. The Morgan fingerprint density at radius 2 is 1.38 bits per heavy atom. The highest BCUT2D eigenvalue weighted by Crippen LogP contribution is 2.40. The Balaban J connectivity index is 1.36. The minimum absolute atomic E-state index is 0.248. The van der Waals surface area contributed by atoms with Gasteiger partial charge in [0.15, 0.2) is 0 Å². The fourth-order valence-electron chi connectivity index (χ4n) is 4.74. The van der Waals surface area contributed by atoms with Gasteiger partial charge in [-0.1, -0.05) is 109 Å². The average Bonchev–Trinajstić information content (AvgIpc) is 2.92. The van der Waals surface area contributed by atoms with Gasteiger partial charge in [0.2, 0.25) is 10.0 Å². The average molecular weight is 506 g/mol. The van der Waals surface area contributed by atoms with Crippen LogP contribution in [0.15, 0.2) is 115 Å². The number of rotatable bonds is 7. The van der Waals surface area contributed by atoms with E-state index in [1.54, 1.807) is 30.3 Å². The molecule has 0 unspecified atom stereocenters. The summed E-state index contributed by atoms with van der Waals surface area (Å²) in [6.07, 6.45) is 4.85. The summed E-state index contributed by atoms with van der Waals surface area (Å²) >= 11 is 0. The van der Waals surface area contributed by atoms with Crippen molar-refractivity contribution in [2.24, 2.45) is 0 Å². The third-order valence-corrected chi connectivity index (χ3v) is 7.66. The second-order valence-corrected chi connectivity index (χ2v) is 10.8. The molecule has 4 aromatic carbocycles. The van der Waals surface area contributed by atoms with Crippen LogP contribution >= 0.6 is 0 Å². The van der Waals surface area contributed by atoms with Crippen molar-refractivity contribution >= 4 is 33.2 Å². The van der Waals surface area contributed by atoms with Crippen LogP contribution < -0.4 is 4.72 Å². The molecule has 0 saturated carbocycles. The Labute approximate surface area is 218 Å². The maximum Gasteiger partial charge on any atom is 0.257 e. The molecule has 0 radical (unpaired) electrons. The van der Waals surface area contributed by atoms with Crippen LogP contribution in [0.5, 0.6) is 0 Å². The predicted molar refractivity (Wildman–Crippen MR) is 150 cm³/mol. The van der Waals surface area contributed by atoms with Crippen LogP contribution in [0, 0.1) is 0 Å². The largest absolute Gasteiger partial charge is 0.269 e. The SMILES string of the molecule is O=C(C=Cc1ccc(C2=C(c3ccccc3)CCc3ccccc32)cc1)NS(=O)(=O)Cc1ccccc1. The summed E-state index contributed by atoms with van der Waals surface area (Å²) in [5, 5.41) is 0. The van der Waals surface area contributed by atoms with E-state index in [-0.39, 0.29) is 5.75 Å². The number of fused-ring (bicyclic) bond motifs is 1. The van der Waals surface area contributed by atoms with E-state index >= 15 is 0 Å². The summed E-state index contributed by atoms with van der Waals surface area (Å²) < 4.78 is 26.7. The number of benzene rings is 4. The lowest BCUT2D eigenvalue weighted by molar-refractivity contribution is -0.114. The van der Waals surface area contributed by atoms with E-state index in [1.165, 1.54) is 33.9 Å². The van der Waals surface area contributed by atoms with Gasteiger partial charge in [0, 0.05) is 6.08 Å². The second-order valence-electron chi connectivity index (χ2n) is 9.04. The van der Waals surface area contributed by atoms with E-state index in [0.717, 1.165) is 24.0 Å². The molecule has 4 nitrogen and oxygen atoms in total. The minimum Gasteiger partial charge on any atom is -0.269 e. The standard InChI is InChI=1S/C32H27NO3S/c34-31(33-37(35,36)23-25-9-3-1-4-10-25)22-17-24-15-18-28(19-16-24)32-29-14-8-7-13-27(29)20-21-30(32)26-11-5-2-6-12-26/h1-19,22H,20-21,23H2,(H,33,34). The fourth-order valence-corrected chi connectivity index (χ4v) is 5.82. The normalized spacial score (nSPS) is 13.4. The highest BCUT2D eigenvalue weighted by molar-refractivity contribution is 7.89. The number of aryl methyl sites for hydroxylation is 1. The molecule has 0 spiro atoms. The van der Waals surface area contributed by atoms with Crippen molar-refractivity contribution in [2.45, 2.75) is 18.6 Å². The number of amides is 1. The molecule has 0 aromatic heterocycles. The molecule has 0 saturated heterocycles. The van der Waals surface area contributed by atoms with Gasteiger partial charge in [0.05, 0.1) is 5.75 Å². The van der Waals surface area contributed by atoms with E-state index < -0.39 is 15.9 Å². The topological polar surface area (TPSA) is 63.2 Å². The zero-order valence-electron chi connectivity index (χ0n) is 20.3. The third-order valence-electron chi connectivity index (χ3n) is 6.44. The smallest absolute Gasteiger partial charge is 0.257 e. The Kier molecular flexibility index (Phi) is 7.15. The Morgan fingerprint density at radius 1 is 0.730 bits per heavy atom. The van der Waals surface area contributed by atoms with Gasteiger partial charge in [-0.05, 0) is 63.4 Å². The summed E-state index contributed by atoms with van der Waals surface area (Å²) in [5.74, 6) is -0.919. The van der Waals surface area contributed by atoms with Crippen molar-refractivity contribution < 1.29 is 13.2 Å². The molecule has 184 valence electrons. The molecule has 5 rings (SSSR count). The van der Waals surface area contributed by atoms with E-state index in [4.69, 9.17) is 0 Å². The van der Waals surface area contributed by atoms with Crippen molar-refractivity contribution in [2.75, 3.05) is 0 Å². The van der Waals surface area contributed by atoms with E-state index in [0.29, 0.717) is 5.56 Å². The first-order valence-electron chi connectivity index (χ1n) is 12.2. The van der Waals surface area contributed by atoms with Gasteiger partial charge in [0.1, 0.15) is 0 Å². The summed E-state index contributed by atoms with van der Waals surface area (Å²) in [4.78, 5) is 12.3. The predicted octanol–water partition coefficient (Wildman–Crippen LogP) is 6.25. The Hall–Kier alpha value is -4.22. The fraction of sp³-hybridized carbons (Fsp3) is 0.0938. The van der Waals surface area contributed by atoms with Crippen molar-refractivity contribution in [1.82, 2.24) is 4.72 Å². The molecule has 5 heteroatoms. The van der Waals surface area contributed by atoms with Gasteiger partial charge in [0.25, 0.3) is 5.91 Å². The van der Waals surface area contributed by atoms with Crippen molar-refractivity contribution in [3.05, 3.63) is 149 Å². The zero-order chi connectivity index (χ0) is 25.7. The molecule has 1 aliphatic carbocycles. The molecule has 1 N–H and O–H groups in total. The van der Waals surface area contributed by atoms with Crippen LogP contribution in [0.4, 0.5) is 0 Å². The maximum atomic E-state index is 12.3. The lowest BCUT2D eigenvalue weighted by Crippen LogP contribution is -2.30. The van der Waals surface area contributed by atoms with Crippen molar-refractivity contribution in [3.63, 3.8) is 0 Å². The third kappa shape index (κ3) is 5.96. The van der Waals surface area contributed by atoms with Gasteiger partial charge in [-0.25, -0.2) is 13.1 Å². The second kappa shape index (κ2) is 10.8. The Morgan fingerprint density at radius 3 is 2.11 bits per heavy atom. The number of nitrogens with one attached hydrogen (secondary N) is 1. The minimum atomic E-state index is -3.78. The van der Waals surface area contributed by atoms with E-state index in [1.807, 2.05) is 24.3 Å². The van der Waals surface area contributed by atoms with Crippen LogP contribution in [-0.4, -0.2) is 14.3 Å². The highest BCUT2D eigenvalue weighted by atomic mass is 32.2.